The maximum absolute atomic E-state index is 12.7. The molecule has 4 rings (SSSR count). The number of hydrogen-bond acceptors (Lipinski definition) is 6. The Hall–Kier alpha value is -2.69. The minimum absolute atomic E-state index is 0.0404. The van der Waals surface area contributed by atoms with Crippen molar-refractivity contribution in [2.45, 2.75) is 50.1 Å². The zero-order valence-corrected chi connectivity index (χ0v) is 20.8. The van der Waals surface area contributed by atoms with Crippen molar-refractivity contribution in [1.82, 2.24) is 24.1 Å². The molecule has 1 aliphatic rings. The van der Waals surface area contributed by atoms with Crippen molar-refractivity contribution in [2.75, 3.05) is 33.7 Å². The first kappa shape index (κ1) is 24.4. The molecule has 1 aromatic carbocycles. The second kappa shape index (κ2) is 10.3. The van der Waals surface area contributed by atoms with E-state index in [0.717, 1.165) is 43.0 Å². The molecule has 1 saturated heterocycles. The maximum Gasteiger partial charge on any atom is 0.242 e. The van der Waals surface area contributed by atoms with Crippen LogP contribution in [0.1, 0.15) is 43.8 Å². The first-order valence-electron chi connectivity index (χ1n) is 11.8. The fourth-order valence-electron chi connectivity index (χ4n) is 4.54. The van der Waals surface area contributed by atoms with Gasteiger partial charge in [-0.1, -0.05) is 0 Å². The van der Waals surface area contributed by atoms with Crippen LogP contribution in [0, 0.1) is 0 Å². The molecule has 9 nitrogen and oxygen atoms in total. The van der Waals surface area contributed by atoms with Gasteiger partial charge >= 0.3 is 0 Å². The van der Waals surface area contributed by atoms with Crippen molar-refractivity contribution in [3.8, 4) is 0 Å². The number of amides is 1. The number of benzene rings is 1. The summed E-state index contributed by atoms with van der Waals surface area (Å²) in [4.78, 5) is 19.9. The predicted octanol–water partition coefficient (Wildman–Crippen LogP) is 2.79. The molecule has 10 heteroatoms. The van der Waals surface area contributed by atoms with E-state index in [9.17, 15) is 13.2 Å². The molecule has 1 amide bonds. The van der Waals surface area contributed by atoms with Crippen LogP contribution in [0.2, 0.25) is 0 Å². The third-order valence-electron chi connectivity index (χ3n) is 6.41. The highest BCUT2D eigenvalue weighted by Gasteiger charge is 2.26. The molecule has 0 spiro atoms. The number of hydrogen-bond donors (Lipinski definition) is 1. The van der Waals surface area contributed by atoms with Crippen molar-refractivity contribution in [3.63, 3.8) is 0 Å². The average Bonchev–Trinajstić information content (AvgIpc) is 3.58. The molecule has 2 aromatic heterocycles. The molecule has 1 N–H and O–H groups in total. The number of fused-ring (bicyclic) bond motifs is 1. The molecule has 1 atom stereocenters. The van der Waals surface area contributed by atoms with E-state index < -0.39 is 10.0 Å². The summed E-state index contributed by atoms with van der Waals surface area (Å²) in [5, 5.41) is 3.07. The molecule has 0 saturated carbocycles. The summed E-state index contributed by atoms with van der Waals surface area (Å²) >= 11 is 0. The van der Waals surface area contributed by atoms with Gasteiger partial charge in [0.25, 0.3) is 0 Å². The van der Waals surface area contributed by atoms with Gasteiger partial charge in [-0.15, -0.1) is 0 Å². The van der Waals surface area contributed by atoms with E-state index in [1.165, 1.54) is 18.4 Å². The lowest BCUT2D eigenvalue weighted by Gasteiger charge is -2.26. The summed E-state index contributed by atoms with van der Waals surface area (Å²) in [7, 11) is -0.521. The van der Waals surface area contributed by atoms with Crippen LogP contribution in [0.4, 0.5) is 0 Å². The summed E-state index contributed by atoms with van der Waals surface area (Å²) in [6.07, 6.45) is 4.77. The zero-order chi connectivity index (χ0) is 24.3. The molecule has 184 valence electrons. The van der Waals surface area contributed by atoms with Crippen LogP contribution in [0.15, 0.2) is 45.9 Å². The quantitative estimate of drug-likeness (QED) is 0.472. The van der Waals surface area contributed by atoms with Crippen molar-refractivity contribution < 1.29 is 17.6 Å². The van der Waals surface area contributed by atoms with E-state index in [1.807, 2.05) is 23.6 Å². The largest absolute Gasteiger partial charge is 0.468 e. The number of rotatable bonds is 10. The number of carbonyl (C=O) groups is 1. The first-order valence-corrected chi connectivity index (χ1v) is 13.2. The number of sulfonamides is 1. The highest BCUT2D eigenvalue weighted by Crippen LogP contribution is 2.25. The standard InChI is InChI=1S/C24H33N5O4S/c1-4-29-20-10-9-18(34(31,32)27(2)3)16-19(20)26-23(29)11-12-24(30)25-17-21(22-8-7-15-33-22)28-13-5-6-14-28/h7-10,15-16,21H,4-6,11-14,17H2,1-3H3,(H,25,30). The Morgan fingerprint density at radius 2 is 2.00 bits per heavy atom. The second-order valence-corrected chi connectivity index (χ2v) is 10.9. The topological polar surface area (TPSA) is 101 Å². The highest BCUT2D eigenvalue weighted by atomic mass is 32.2. The highest BCUT2D eigenvalue weighted by molar-refractivity contribution is 7.89. The molecule has 1 unspecified atom stereocenters. The van der Waals surface area contributed by atoms with Gasteiger partial charge < -0.3 is 14.3 Å². The van der Waals surface area contributed by atoms with Crippen LogP contribution in [-0.2, 0) is 27.8 Å². The lowest BCUT2D eigenvalue weighted by Crippen LogP contribution is -2.36. The van der Waals surface area contributed by atoms with E-state index in [-0.39, 0.29) is 16.8 Å². The monoisotopic (exact) mass is 487 g/mol. The summed E-state index contributed by atoms with van der Waals surface area (Å²) in [5.41, 5.74) is 1.48. The average molecular weight is 488 g/mol. The summed E-state index contributed by atoms with van der Waals surface area (Å²) in [6.45, 7) is 5.21. The number of nitrogens with zero attached hydrogens (tertiary/aromatic N) is 4. The maximum atomic E-state index is 12.7. The van der Waals surface area contributed by atoms with Gasteiger partial charge in [0.2, 0.25) is 15.9 Å². The third kappa shape index (κ3) is 5.03. The van der Waals surface area contributed by atoms with Crippen LogP contribution in [0.25, 0.3) is 11.0 Å². The Morgan fingerprint density at radius 3 is 2.65 bits per heavy atom. The third-order valence-corrected chi connectivity index (χ3v) is 8.23. The van der Waals surface area contributed by atoms with E-state index in [0.29, 0.717) is 31.4 Å². The lowest BCUT2D eigenvalue weighted by atomic mass is 10.2. The molecule has 0 radical (unpaired) electrons. The molecule has 0 bridgehead atoms. The van der Waals surface area contributed by atoms with E-state index in [1.54, 1.807) is 24.5 Å². The van der Waals surface area contributed by atoms with Gasteiger partial charge in [-0.25, -0.2) is 17.7 Å². The Bertz CT molecular complexity index is 1230. The fraction of sp³-hybridized carbons (Fsp3) is 0.500. The van der Waals surface area contributed by atoms with Crippen LogP contribution in [-0.4, -0.2) is 66.8 Å². The Balaban J connectivity index is 1.43. The van der Waals surface area contributed by atoms with Gasteiger partial charge in [0.15, 0.2) is 0 Å². The first-order chi connectivity index (χ1) is 16.3. The SMILES string of the molecule is CCn1c(CCC(=O)NCC(c2ccco2)N2CCCC2)nc2cc(S(=O)(=O)N(C)C)ccc21. The van der Waals surface area contributed by atoms with Crippen molar-refractivity contribution >= 4 is 27.0 Å². The summed E-state index contributed by atoms with van der Waals surface area (Å²) in [5.74, 6) is 1.61. The van der Waals surface area contributed by atoms with Crippen molar-refractivity contribution in [2.24, 2.45) is 0 Å². The lowest BCUT2D eigenvalue weighted by molar-refractivity contribution is -0.121. The van der Waals surface area contributed by atoms with Crippen LogP contribution in [0.5, 0.6) is 0 Å². The van der Waals surface area contributed by atoms with Crippen LogP contribution in [0.3, 0.4) is 0 Å². The number of furan rings is 1. The Labute approximate surface area is 200 Å². The molecule has 1 fully saturated rings. The van der Waals surface area contributed by atoms with Gasteiger partial charge in [0.05, 0.1) is 28.2 Å². The molecular formula is C24H33N5O4S. The van der Waals surface area contributed by atoms with Crippen LogP contribution >= 0.6 is 0 Å². The number of imidazole rings is 1. The Morgan fingerprint density at radius 1 is 1.24 bits per heavy atom. The number of nitrogens with one attached hydrogen (secondary N) is 1. The van der Waals surface area contributed by atoms with Gasteiger partial charge in [0.1, 0.15) is 11.6 Å². The van der Waals surface area contributed by atoms with Gasteiger partial charge in [-0.2, -0.15) is 0 Å². The smallest absolute Gasteiger partial charge is 0.242 e. The molecule has 3 aromatic rings. The second-order valence-electron chi connectivity index (χ2n) is 8.79. The molecule has 3 heterocycles. The number of aromatic nitrogens is 2. The molecule has 1 aliphatic heterocycles. The van der Waals surface area contributed by atoms with Gasteiger partial charge in [-0.3, -0.25) is 9.69 Å². The zero-order valence-electron chi connectivity index (χ0n) is 20.0. The van der Waals surface area contributed by atoms with Gasteiger partial charge in [0, 0.05) is 40.0 Å². The Kier molecular flexibility index (Phi) is 7.39. The number of likely N-dealkylation sites (tertiary alicyclic amines) is 1. The molecule has 0 aliphatic carbocycles. The summed E-state index contributed by atoms with van der Waals surface area (Å²) in [6, 6.07) is 8.88. The van der Waals surface area contributed by atoms with E-state index in [4.69, 9.17) is 4.42 Å². The van der Waals surface area contributed by atoms with Crippen molar-refractivity contribution in [3.05, 3.63) is 48.2 Å². The van der Waals surface area contributed by atoms with Gasteiger partial charge in [-0.05, 0) is 63.2 Å². The normalized spacial score (nSPS) is 15.9. The number of carbonyl (C=O) groups excluding carboxylic acids is 1. The molecule has 34 heavy (non-hydrogen) atoms. The van der Waals surface area contributed by atoms with Crippen LogP contribution < -0.4 is 5.32 Å². The molecular weight excluding hydrogens is 454 g/mol. The van der Waals surface area contributed by atoms with Crippen molar-refractivity contribution in [1.29, 1.82) is 0 Å². The summed E-state index contributed by atoms with van der Waals surface area (Å²) < 4.78 is 33.8. The van der Waals surface area contributed by atoms with E-state index >= 15 is 0 Å². The number of aryl methyl sites for hydroxylation is 2. The minimum Gasteiger partial charge on any atom is -0.468 e. The van der Waals surface area contributed by atoms with E-state index in [2.05, 4.69) is 15.2 Å². The fourth-order valence-corrected chi connectivity index (χ4v) is 5.46. The minimum atomic E-state index is -3.54. The predicted molar refractivity (Wildman–Crippen MR) is 130 cm³/mol.